The van der Waals surface area contributed by atoms with Gasteiger partial charge in [-0.05, 0) is 53.8 Å². The number of carboxylic acids is 1. The lowest BCUT2D eigenvalue weighted by Gasteiger charge is -2.40. The van der Waals surface area contributed by atoms with Gasteiger partial charge in [-0.1, -0.05) is 24.3 Å². The number of methoxy groups -OCH3 is 1. The minimum atomic E-state index is -1.05. The molecule has 6 atom stereocenters. The van der Waals surface area contributed by atoms with E-state index in [0.29, 0.717) is 11.3 Å². The Kier molecular flexibility index (Phi) is 8.17. The third-order valence-electron chi connectivity index (χ3n) is 5.77. The third kappa shape index (κ3) is 5.58. The summed E-state index contributed by atoms with van der Waals surface area (Å²) in [5, 5.41) is 11.7. The highest BCUT2D eigenvalue weighted by Gasteiger charge is 2.52. The summed E-state index contributed by atoms with van der Waals surface area (Å²) in [6.45, 7) is 1.54. The van der Waals surface area contributed by atoms with Crippen LogP contribution in [0.3, 0.4) is 0 Å². The molecule has 10 heteroatoms. The zero-order valence-electron chi connectivity index (χ0n) is 18.7. The molecule has 2 aliphatic rings. The topological polar surface area (TPSA) is 113 Å². The predicted octanol–water partition coefficient (Wildman–Crippen LogP) is 3.23. The minimum absolute atomic E-state index is 0.0706. The maximum atomic E-state index is 12.6. The van der Waals surface area contributed by atoms with Crippen LogP contribution in [-0.4, -0.2) is 67.8 Å². The Bertz CT molecular complexity index is 1020. The Labute approximate surface area is 210 Å². The number of nitrogens with one attached hydrogen (secondary N) is 1. The molecule has 0 aliphatic carbocycles. The van der Waals surface area contributed by atoms with Gasteiger partial charge >= 0.3 is 5.97 Å². The number of carbonyl (C=O) groups excluding carboxylic acids is 1. The fraction of sp³-hybridized carbons (Fsp3) is 0.417. The van der Waals surface area contributed by atoms with Crippen LogP contribution in [0.15, 0.2) is 48.5 Å². The maximum Gasteiger partial charge on any atom is 0.329 e. The molecule has 4 unspecified atom stereocenters. The van der Waals surface area contributed by atoms with Crippen LogP contribution in [0.25, 0.3) is 0 Å². The highest BCUT2D eigenvalue weighted by molar-refractivity contribution is 14.1. The van der Waals surface area contributed by atoms with E-state index in [4.69, 9.17) is 28.8 Å². The van der Waals surface area contributed by atoms with Crippen molar-refractivity contribution in [3.05, 3.63) is 63.2 Å². The van der Waals surface area contributed by atoms with Crippen LogP contribution in [0, 0.1) is 3.57 Å². The molecule has 2 fully saturated rings. The molecule has 2 aromatic rings. The minimum Gasteiger partial charge on any atom is -0.480 e. The molecule has 2 heterocycles. The Balaban J connectivity index is 1.40. The van der Waals surface area contributed by atoms with Crippen molar-refractivity contribution in [2.24, 2.45) is 0 Å². The van der Waals surface area contributed by atoms with Gasteiger partial charge in [-0.3, -0.25) is 4.79 Å². The fourth-order valence-electron chi connectivity index (χ4n) is 4.16. The number of carboxylic acid groups (broad SMARTS) is 1. The SMILES string of the molecule is COC1[C@@H]2OC(c3ccc(NC(=O)c4ccccc4I)cc3)OC2C(C)O[C@H]1COCC(=O)O. The Hall–Kier alpha value is -2.09. The van der Waals surface area contributed by atoms with Crippen LogP contribution in [0.2, 0.25) is 0 Å². The van der Waals surface area contributed by atoms with Gasteiger partial charge in [-0.2, -0.15) is 0 Å². The number of amides is 1. The van der Waals surface area contributed by atoms with E-state index in [2.05, 4.69) is 27.9 Å². The number of rotatable bonds is 8. The first-order valence-electron chi connectivity index (χ1n) is 10.8. The molecular formula is C24H26INO8. The van der Waals surface area contributed by atoms with Crippen LogP contribution in [0.5, 0.6) is 0 Å². The van der Waals surface area contributed by atoms with E-state index in [0.717, 1.165) is 9.13 Å². The van der Waals surface area contributed by atoms with Crippen LogP contribution < -0.4 is 5.32 Å². The molecule has 2 aliphatic heterocycles. The normalized spacial score (nSPS) is 28.3. The lowest BCUT2D eigenvalue weighted by molar-refractivity contribution is -0.205. The molecule has 9 nitrogen and oxygen atoms in total. The van der Waals surface area contributed by atoms with E-state index >= 15 is 0 Å². The molecule has 2 aromatic carbocycles. The lowest BCUT2D eigenvalue weighted by Crippen LogP contribution is -2.57. The molecule has 1 amide bonds. The molecular weight excluding hydrogens is 557 g/mol. The summed E-state index contributed by atoms with van der Waals surface area (Å²) < 4.78 is 30.0. The van der Waals surface area contributed by atoms with Crippen LogP contribution >= 0.6 is 22.6 Å². The molecule has 2 saturated heterocycles. The van der Waals surface area contributed by atoms with Gasteiger partial charge in [0.05, 0.1) is 18.3 Å². The molecule has 0 radical (unpaired) electrons. The number of fused-ring (bicyclic) bond motifs is 1. The molecule has 182 valence electrons. The molecule has 0 spiro atoms. The Morgan fingerprint density at radius 2 is 1.76 bits per heavy atom. The van der Waals surface area contributed by atoms with E-state index in [-0.39, 0.29) is 24.7 Å². The first-order chi connectivity index (χ1) is 16.4. The van der Waals surface area contributed by atoms with Crippen LogP contribution in [-0.2, 0) is 28.5 Å². The predicted molar refractivity (Wildman–Crippen MR) is 130 cm³/mol. The second-order valence-electron chi connectivity index (χ2n) is 8.08. The van der Waals surface area contributed by atoms with Gasteiger partial charge in [0.15, 0.2) is 6.29 Å². The third-order valence-corrected chi connectivity index (χ3v) is 6.71. The largest absolute Gasteiger partial charge is 0.480 e. The summed E-state index contributed by atoms with van der Waals surface area (Å²) in [4.78, 5) is 23.3. The standard InChI is InChI=1S/C24H26INO8/c1-13-20-22(21(30-2)18(32-13)11-31-12-19(27)28)34-24(33-20)14-7-9-15(10-8-14)26-23(29)16-5-3-4-6-17(16)25/h3-10,13,18,20-22,24H,11-12H2,1-2H3,(H,26,29)(H,27,28)/t13?,18-,20?,21?,22+,24?/m0/s1. The van der Waals surface area contributed by atoms with E-state index in [1.807, 2.05) is 37.3 Å². The van der Waals surface area contributed by atoms with Crippen molar-refractivity contribution in [2.75, 3.05) is 25.6 Å². The van der Waals surface area contributed by atoms with E-state index in [9.17, 15) is 9.59 Å². The van der Waals surface area contributed by atoms with Crippen LogP contribution in [0.1, 0.15) is 29.1 Å². The monoisotopic (exact) mass is 583 g/mol. The maximum absolute atomic E-state index is 12.6. The summed E-state index contributed by atoms with van der Waals surface area (Å²) in [5.41, 5.74) is 2.06. The van der Waals surface area contributed by atoms with Gasteiger partial charge in [0.25, 0.3) is 5.91 Å². The summed E-state index contributed by atoms with van der Waals surface area (Å²) in [7, 11) is 1.55. The first-order valence-corrected chi connectivity index (χ1v) is 11.9. The lowest BCUT2D eigenvalue weighted by atomic mass is 9.96. The molecule has 4 rings (SSSR count). The number of halogens is 1. The van der Waals surface area contributed by atoms with Gasteiger partial charge in [-0.25, -0.2) is 4.79 Å². The molecule has 0 bridgehead atoms. The zero-order chi connectivity index (χ0) is 24.2. The van der Waals surface area contributed by atoms with Gasteiger partial charge in [0.1, 0.15) is 31.0 Å². The number of anilines is 1. The van der Waals surface area contributed by atoms with Crippen molar-refractivity contribution in [3.63, 3.8) is 0 Å². The summed E-state index contributed by atoms with van der Waals surface area (Å²) in [6.07, 6.45) is -2.65. The number of carbonyl (C=O) groups is 2. The first kappa shape index (κ1) is 25.0. The van der Waals surface area contributed by atoms with Crippen molar-refractivity contribution in [2.45, 2.75) is 43.7 Å². The quantitative estimate of drug-likeness (QED) is 0.456. The average molecular weight is 583 g/mol. The van der Waals surface area contributed by atoms with Gasteiger partial charge in [-0.15, -0.1) is 0 Å². The smallest absolute Gasteiger partial charge is 0.329 e. The Morgan fingerprint density at radius 3 is 2.44 bits per heavy atom. The van der Waals surface area contributed by atoms with Crippen molar-refractivity contribution >= 4 is 40.2 Å². The Morgan fingerprint density at radius 1 is 1.06 bits per heavy atom. The number of aliphatic carboxylic acids is 1. The van der Waals surface area contributed by atoms with Gasteiger partial charge < -0.3 is 34.1 Å². The average Bonchev–Trinajstić information content (AvgIpc) is 3.26. The second kappa shape index (κ2) is 11.1. The molecule has 2 N–H and O–H groups in total. The number of hydrogen-bond donors (Lipinski definition) is 2. The summed E-state index contributed by atoms with van der Waals surface area (Å²) in [5.74, 6) is -1.23. The highest BCUT2D eigenvalue weighted by atomic mass is 127. The number of benzene rings is 2. The van der Waals surface area contributed by atoms with Crippen molar-refractivity contribution in [1.82, 2.24) is 0 Å². The zero-order valence-corrected chi connectivity index (χ0v) is 20.8. The van der Waals surface area contributed by atoms with E-state index in [1.165, 1.54) is 0 Å². The molecule has 0 aromatic heterocycles. The van der Waals surface area contributed by atoms with Gasteiger partial charge in [0.2, 0.25) is 0 Å². The van der Waals surface area contributed by atoms with Crippen molar-refractivity contribution < 1.29 is 38.4 Å². The second-order valence-corrected chi connectivity index (χ2v) is 9.24. The highest BCUT2D eigenvalue weighted by Crippen LogP contribution is 2.40. The number of hydrogen-bond acceptors (Lipinski definition) is 7. The van der Waals surface area contributed by atoms with E-state index < -0.39 is 37.2 Å². The molecule has 0 saturated carbocycles. The van der Waals surface area contributed by atoms with Crippen molar-refractivity contribution in [3.8, 4) is 0 Å². The number of ether oxygens (including phenoxy) is 5. The summed E-state index contributed by atoms with van der Waals surface area (Å²) >= 11 is 2.13. The molecule has 34 heavy (non-hydrogen) atoms. The van der Waals surface area contributed by atoms with E-state index in [1.54, 1.807) is 25.3 Å². The van der Waals surface area contributed by atoms with Crippen molar-refractivity contribution in [1.29, 1.82) is 0 Å². The van der Waals surface area contributed by atoms with Crippen LogP contribution in [0.4, 0.5) is 5.69 Å². The fourth-order valence-corrected chi connectivity index (χ4v) is 4.80. The summed E-state index contributed by atoms with van der Waals surface area (Å²) in [6, 6.07) is 14.7. The van der Waals surface area contributed by atoms with Gasteiger partial charge in [0, 0.05) is 21.9 Å².